The fourth-order valence-electron chi connectivity index (χ4n) is 1.72. The van der Waals surface area contributed by atoms with Gasteiger partial charge in [-0.15, -0.1) is 0 Å². The van der Waals surface area contributed by atoms with Crippen molar-refractivity contribution in [2.45, 2.75) is 39.8 Å². The van der Waals surface area contributed by atoms with E-state index in [1.807, 2.05) is 27.7 Å². The van der Waals surface area contributed by atoms with Crippen LogP contribution in [0.25, 0.3) is 0 Å². The molecule has 0 rings (SSSR count). The van der Waals surface area contributed by atoms with E-state index in [4.69, 9.17) is 4.74 Å². The van der Waals surface area contributed by atoms with Gasteiger partial charge in [-0.1, -0.05) is 0 Å². The van der Waals surface area contributed by atoms with Gasteiger partial charge in [-0.2, -0.15) is 0 Å². The number of hydrogen-bond acceptors (Lipinski definition) is 4. The van der Waals surface area contributed by atoms with Gasteiger partial charge in [-0.05, 0) is 27.7 Å². The molecule has 0 bridgehead atoms. The molecule has 17 heavy (non-hydrogen) atoms. The maximum Gasteiger partial charge on any atom is 0.238 e. The van der Waals surface area contributed by atoms with Crippen LogP contribution in [0.2, 0.25) is 0 Å². The average molecular weight is 265 g/mol. The highest BCUT2D eigenvalue weighted by Gasteiger charge is 2.25. The predicted octanol–water partition coefficient (Wildman–Crippen LogP) is 0.693. The molecule has 0 saturated heterocycles. The van der Waals surface area contributed by atoms with Crippen LogP contribution < -0.4 is 0 Å². The van der Waals surface area contributed by atoms with E-state index in [2.05, 4.69) is 0 Å². The van der Waals surface area contributed by atoms with Crippen LogP contribution in [0.4, 0.5) is 0 Å². The Morgan fingerprint density at radius 1 is 1.18 bits per heavy atom. The van der Waals surface area contributed by atoms with E-state index < -0.39 is 15.6 Å². The van der Waals surface area contributed by atoms with E-state index in [0.717, 1.165) is 0 Å². The minimum absolute atomic E-state index is 0.000116. The highest BCUT2D eigenvalue weighted by molar-refractivity contribution is 7.92. The summed E-state index contributed by atoms with van der Waals surface area (Å²) in [5.41, 5.74) is 0. The largest absolute Gasteiger partial charge is 0.384 e. The van der Waals surface area contributed by atoms with E-state index in [1.54, 1.807) is 4.90 Å². The molecule has 1 amide bonds. The molecule has 102 valence electrons. The van der Waals surface area contributed by atoms with Gasteiger partial charge in [0.2, 0.25) is 5.91 Å². The minimum atomic E-state index is -3.37. The van der Waals surface area contributed by atoms with Crippen LogP contribution in [0.5, 0.6) is 0 Å². The lowest BCUT2D eigenvalue weighted by Crippen LogP contribution is -2.45. The van der Waals surface area contributed by atoms with Crippen molar-refractivity contribution in [1.82, 2.24) is 4.90 Å². The molecule has 0 aliphatic rings. The normalized spacial score (nSPS) is 12.2. The maximum absolute atomic E-state index is 11.9. The Hall–Kier alpha value is -0.620. The van der Waals surface area contributed by atoms with Gasteiger partial charge in [-0.3, -0.25) is 4.79 Å². The summed E-state index contributed by atoms with van der Waals surface area (Å²) >= 11 is 0. The fraction of sp³-hybridized carbons (Fsp3) is 0.909. The summed E-state index contributed by atoms with van der Waals surface area (Å²) in [5, 5.41) is 0. The van der Waals surface area contributed by atoms with Crippen molar-refractivity contribution in [3.63, 3.8) is 0 Å². The molecule has 0 spiro atoms. The summed E-state index contributed by atoms with van der Waals surface area (Å²) in [5.74, 6) is -0.891. The van der Waals surface area contributed by atoms with Crippen molar-refractivity contribution >= 4 is 15.7 Å². The minimum Gasteiger partial charge on any atom is -0.384 e. The molecule has 0 aliphatic carbocycles. The van der Waals surface area contributed by atoms with Crippen molar-refractivity contribution in [1.29, 1.82) is 0 Å². The van der Waals surface area contributed by atoms with E-state index in [9.17, 15) is 13.2 Å². The van der Waals surface area contributed by atoms with Gasteiger partial charge in [0.1, 0.15) is 5.75 Å². The lowest BCUT2D eigenvalue weighted by Gasteiger charge is -2.30. The third-order valence-corrected chi connectivity index (χ3v) is 3.82. The molecule has 6 heteroatoms. The summed E-state index contributed by atoms with van der Waals surface area (Å²) in [4.78, 5) is 13.5. The number of sulfone groups is 1. The zero-order valence-corrected chi connectivity index (χ0v) is 12.1. The van der Waals surface area contributed by atoms with Crippen LogP contribution in [0.1, 0.15) is 27.7 Å². The number of rotatable bonds is 7. The first-order valence-corrected chi connectivity index (χ1v) is 7.54. The van der Waals surface area contributed by atoms with Crippen molar-refractivity contribution in [3.8, 4) is 0 Å². The van der Waals surface area contributed by atoms with Gasteiger partial charge >= 0.3 is 0 Å². The first-order chi connectivity index (χ1) is 7.71. The van der Waals surface area contributed by atoms with Crippen molar-refractivity contribution in [3.05, 3.63) is 0 Å². The second-order valence-corrected chi connectivity index (χ2v) is 6.76. The van der Waals surface area contributed by atoms with Gasteiger partial charge in [0, 0.05) is 19.2 Å². The van der Waals surface area contributed by atoms with E-state index >= 15 is 0 Å². The Morgan fingerprint density at radius 2 is 1.65 bits per heavy atom. The highest BCUT2D eigenvalue weighted by Crippen LogP contribution is 2.07. The van der Waals surface area contributed by atoms with E-state index in [-0.39, 0.29) is 30.4 Å². The number of nitrogens with zero attached hydrogens (tertiary/aromatic N) is 1. The van der Waals surface area contributed by atoms with Crippen LogP contribution in [-0.4, -0.2) is 56.5 Å². The van der Waals surface area contributed by atoms with Gasteiger partial charge in [0.05, 0.1) is 12.4 Å². The number of methoxy groups -OCH3 is 1. The third-order valence-electron chi connectivity index (χ3n) is 2.34. The topological polar surface area (TPSA) is 63.7 Å². The highest BCUT2D eigenvalue weighted by atomic mass is 32.2. The molecule has 0 fully saturated rings. The monoisotopic (exact) mass is 265 g/mol. The molecule has 0 saturated carbocycles. The summed E-state index contributed by atoms with van der Waals surface area (Å²) in [7, 11) is -1.93. The molecule has 5 nitrogen and oxygen atoms in total. The summed E-state index contributed by atoms with van der Waals surface area (Å²) < 4.78 is 28.0. The van der Waals surface area contributed by atoms with Gasteiger partial charge in [0.15, 0.2) is 9.84 Å². The Balaban J connectivity index is 4.61. The Morgan fingerprint density at radius 3 is 2.00 bits per heavy atom. The number of hydrogen-bond donors (Lipinski definition) is 0. The summed E-state index contributed by atoms with van der Waals surface area (Å²) in [6.07, 6.45) is 0. The standard InChI is InChI=1S/C11H23NO4S/c1-9(2)12(10(3)4)11(13)8-17(14,15)7-6-16-5/h9-10H,6-8H2,1-5H3. The summed E-state index contributed by atoms with van der Waals surface area (Å²) in [6, 6.07) is 0.000232. The Labute approximate surface area is 104 Å². The maximum atomic E-state index is 11.9. The van der Waals surface area contributed by atoms with Crippen molar-refractivity contribution in [2.75, 3.05) is 25.2 Å². The number of amides is 1. The molecule has 0 heterocycles. The van der Waals surface area contributed by atoms with Crippen molar-refractivity contribution < 1.29 is 17.9 Å². The number of carbonyl (C=O) groups is 1. The molecule has 0 aromatic heterocycles. The van der Waals surface area contributed by atoms with Crippen molar-refractivity contribution in [2.24, 2.45) is 0 Å². The van der Waals surface area contributed by atoms with E-state index in [0.29, 0.717) is 0 Å². The van der Waals surface area contributed by atoms with E-state index in [1.165, 1.54) is 7.11 Å². The third kappa shape index (κ3) is 6.02. The average Bonchev–Trinajstić information content (AvgIpc) is 2.12. The molecule has 0 unspecified atom stereocenters. The van der Waals surface area contributed by atoms with Crippen LogP contribution in [-0.2, 0) is 19.4 Å². The second kappa shape index (κ2) is 6.96. The first-order valence-electron chi connectivity index (χ1n) is 5.71. The number of carbonyl (C=O) groups excluding carboxylic acids is 1. The molecule has 0 N–H and O–H groups in total. The van der Waals surface area contributed by atoms with Gasteiger partial charge < -0.3 is 9.64 Å². The Bertz CT molecular complexity index is 327. The quantitative estimate of drug-likeness (QED) is 0.679. The zero-order chi connectivity index (χ0) is 13.6. The SMILES string of the molecule is COCCS(=O)(=O)CC(=O)N(C(C)C)C(C)C. The molecular formula is C11H23NO4S. The first kappa shape index (κ1) is 16.4. The number of ether oxygens (including phenoxy) is 1. The molecular weight excluding hydrogens is 242 g/mol. The zero-order valence-electron chi connectivity index (χ0n) is 11.3. The van der Waals surface area contributed by atoms with Crippen LogP contribution in [0, 0.1) is 0 Å². The van der Waals surface area contributed by atoms with Gasteiger partial charge in [0.25, 0.3) is 0 Å². The van der Waals surface area contributed by atoms with Crippen LogP contribution in [0.3, 0.4) is 0 Å². The fourth-order valence-corrected chi connectivity index (χ4v) is 2.81. The second-order valence-electron chi connectivity index (χ2n) is 4.57. The molecule has 0 aromatic carbocycles. The smallest absolute Gasteiger partial charge is 0.238 e. The predicted molar refractivity (Wildman–Crippen MR) is 67.6 cm³/mol. The lowest BCUT2D eigenvalue weighted by atomic mass is 10.2. The molecule has 0 atom stereocenters. The Kier molecular flexibility index (Phi) is 6.70. The molecule has 0 radical (unpaired) electrons. The molecule has 0 aromatic rings. The van der Waals surface area contributed by atoms with Gasteiger partial charge in [-0.25, -0.2) is 8.42 Å². The molecule has 0 aliphatic heterocycles. The van der Waals surface area contributed by atoms with Crippen LogP contribution in [0.15, 0.2) is 0 Å². The lowest BCUT2D eigenvalue weighted by molar-refractivity contribution is -0.131. The van der Waals surface area contributed by atoms with Crippen LogP contribution >= 0.6 is 0 Å². The summed E-state index contributed by atoms with van der Waals surface area (Å²) in [6.45, 7) is 7.62.